The number of nitrogens with zero attached hydrogens (tertiary/aromatic N) is 8. The lowest BCUT2D eigenvalue weighted by Crippen LogP contribution is -2.36. The summed E-state index contributed by atoms with van der Waals surface area (Å²) < 4.78 is 136. The lowest BCUT2D eigenvalue weighted by atomic mass is 10.1. The lowest BCUT2D eigenvalue weighted by Gasteiger charge is -2.16. The number of benzene rings is 1. The highest BCUT2D eigenvalue weighted by molar-refractivity contribution is 14.1. The molecule has 0 saturated carbocycles. The Bertz CT molecular complexity index is 4170. The first-order valence-electron chi connectivity index (χ1n) is 30.3. The van der Waals surface area contributed by atoms with Crippen LogP contribution in [0.25, 0.3) is 0 Å². The molecule has 4 fully saturated rings. The number of carbonyl (C=O) groups is 4. The molecular weight excluding hydrogens is 1520 g/mol. The number of aliphatic hydroxyl groups excluding tert-OH is 6. The second-order valence-electron chi connectivity index (χ2n) is 22.0. The average Bonchev–Trinajstić information content (AvgIpc) is 1.71. The predicted molar refractivity (Wildman–Crippen MR) is 345 cm³/mol. The monoisotopic (exact) mass is 1580 g/mol. The van der Waals surface area contributed by atoms with Gasteiger partial charge in [0.1, 0.15) is 54.6 Å². The van der Waals surface area contributed by atoms with Gasteiger partial charge >= 0.3 is 59.0 Å². The molecule has 8 heterocycles. The van der Waals surface area contributed by atoms with Crippen LogP contribution in [-0.4, -0.2) is 193 Å². The van der Waals surface area contributed by atoms with Crippen LogP contribution >= 0.6 is 22.6 Å². The van der Waals surface area contributed by atoms with E-state index in [1.54, 1.807) is 34.1 Å². The summed E-state index contributed by atoms with van der Waals surface area (Å²) in [6.45, 7) is 1.11. The van der Waals surface area contributed by atoms with Crippen LogP contribution in [0.5, 0.6) is 0 Å². The maximum absolute atomic E-state index is 12.6. The molecule has 16 N–H and O–H groups in total. The van der Waals surface area contributed by atoms with E-state index in [0.717, 1.165) is 13.7 Å². The Kier molecular flexibility index (Phi) is 29.2. The van der Waals surface area contributed by atoms with Crippen molar-refractivity contribution in [3.05, 3.63) is 123 Å². The summed E-state index contributed by atoms with van der Waals surface area (Å²) in [7, 11) is 0. The average molecular weight is 1580 g/mol. The number of halogens is 10. The van der Waals surface area contributed by atoms with Crippen LogP contribution in [0.3, 0.4) is 0 Å². The first kappa shape index (κ1) is 82.4. The van der Waals surface area contributed by atoms with Crippen LogP contribution in [0.2, 0.25) is 0 Å². The van der Waals surface area contributed by atoms with E-state index in [-0.39, 0.29) is 77.8 Å². The van der Waals surface area contributed by atoms with Crippen molar-refractivity contribution in [2.75, 3.05) is 55.4 Å². The van der Waals surface area contributed by atoms with Crippen LogP contribution in [0.1, 0.15) is 104 Å². The number of amides is 4. The highest BCUT2D eigenvalue weighted by Gasteiger charge is 2.42. The van der Waals surface area contributed by atoms with Gasteiger partial charge < -0.3 is 88.1 Å². The van der Waals surface area contributed by atoms with Crippen LogP contribution in [0, 0.1) is 39.1 Å². The molecule has 4 aromatic heterocycles. The summed E-state index contributed by atoms with van der Waals surface area (Å²) >= 11 is 1.96. The largest absolute Gasteiger partial charge is 0.471 e. The Balaban J connectivity index is 0.000000221. The van der Waals surface area contributed by atoms with Gasteiger partial charge in [-0.1, -0.05) is 67.6 Å². The summed E-state index contributed by atoms with van der Waals surface area (Å²) in [5.74, 6) is 6.80. The van der Waals surface area contributed by atoms with Crippen molar-refractivity contribution in [2.24, 2.45) is 0 Å². The number of carbonyl (C=O) groups excluding carboxylic acids is 4. The minimum absolute atomic E-state index is 0.00294. The topological polar surface area (TPSA) is 492 Å². The SMILES string of the molecule is CC[C@H]1O[C@@H](n2cc(C#CCNC(=O)C(F)(F)F)c(N)nc2=O)C[C@H]1O.CC[C@H]1O[C@@H](n2cc(C#CCNC(=O)C(F)(F)F)c(NC(=O)c3ccccc3)nc2=O)C[C@H]1O.Nc1nc(=O)n([C@H]2C[C@@H](O)[C@@H](CO)O2)cc1C#CCNC(=O)C(F)(F)F.Nc1nc(=O)n([C@H]2C[C@@H](O)[C@@H](CO)O2)cc1I. The Morgan fingerprint density at radius 1 is 0.505 bits per heavy atom. The van der Waals surface area contributed by atoms with E-state index in [1.807, 2.05) is 36.4 Å². The molecule has 0 unspecified atom stereocenters. The molecule has 12 atom stereocenters. The number of ether oxygens (including phenoxy) is 4. The number of alkyl halides is 9. The zero-order valence-corrected chi connectivity index (χ0v) is 55.7. The van der Waals surface area contributed by atoms with Gasteiger partial charge in [-0.25, -0.2) is 19.2 Å². The second kappa shape index (κ2) is 36.5. The van der Waals surface area contributed by atoms with Gasteiger partial charge in [-0.2, -0.15) is 59.4 Å². The standard InChI is InChI=1S/C22H21F3N4O5.C15H17F3N4O4.C14H15F3N4O5.C9H12IN3O4/c1-2-16-15(30)11-17(34-16)29-12-14(9-6-10-26-20(32)22(23,24)25)18(28-21(29)33)27-19(31)13-7-4-3-5-8-13;1-2-10-9(23)6-11(26-10)22-7-8(12(19)21-14(22)25)4-3-5-20-13(24)15(16,17)18;15-14(16,17)12(24)19-3-1-2-7-5-21(13(25)20-11(7)18)10-4-8(23)9(6-22)26-10;10-4-2-13(9(16)12-8(4)11)7-1-5(15)6(3-14)17-7/h3-5,7-8,12,15-17,30H,2,10-11H2,1H3,(H,26,32)(H,27,28,31,33);7,9-11,23H,2,5-6H2,1H3,(H,20,24)(H2,19,21,25);5,8-10,22-23H,3-4,6H2,(H,19,24)(H2,18,20,25);2,5-7,14-15H,1,3H2,(H2,11,12,16)/t15-,16-,17-;9-,10-,11-;8-,9-,10-;5-,6-,7-/m1111/s1. The number of hydrogen-bond acceptors (Lipinski definition) is 25. The maximum atomic E-state index is 12.6. The third-order valence-electron chi connectivity index (χ3n) is 14.8. The molecular formula is C60H65F9IN15O18. The quantitative estimate of drug-likeness (QED) is 0.0384. The molecule has 4 amide bonds. The van der Waals surface area contributed by atoms with Crippen molar-refractivity contribution in [3.63, 3.8) is 0 Å². The second-order valence-corrected chi connectivity index (χ2v) is 23.2. The van der Waals surface area contributed by atoms with Crippen LogP contribution < -0.4 is 61.2 Å². The molecule has 1 aromatic carbocycles. The van der Waals surface area contributed by atoms with Crippen molar-refractivity contribution in [2.45, 2.75) is 145 Å². The predicted octanol–water partition coefficient (Wildman–Crippen LogP) is -0.935. The minimum Gasteiger partial charge on any atom is -0.394 e. The van der Waals surface area contributed by atoms with Gasteiger partial charge in [0.15, 0.2) is 5.82 Å². The molecule has 4 aliphatic heterocycles. The van der Waals surface area contributed by atoms with Crippen molar-refractivity contribution in [3.8, 4) is 35.5 Å². The number of nitrogen functional groups attached to an aromatic ring is 3. The first-order valence-corrected chi connectivity index (χ1v) is 31.4. The number of aliphatic hydroxyl groups is 6. The fraction of sp³-hybridized carbons (Fsp3) is 0.467. The summed E-state index contributed by atoms with van der Waals surface area (Å²) in [5, 5.41) is 64.5. The lowest BCUT2D eigenvalue weighted by molar-refractivity contribution is -0.173. The molecule has 9 rings (SSSR count). The van der Waals surface area contributed by atoms with Crippen LogP contribution in [0.4, 0.5) is 62.8 Å². The zero-order valence-electron chi connectivity index (χ0n) is 53.6. The molecule has 103 heavy (non-hydrogen) atoms. The molecule has 0 radical (unpaired) electrons. The molecule has 43 heteroatoms. The van der Waals surface area contributed by atoms with E-state index in [4.69, 9.17) is 46.4 Å². The summed E-state index contributed by atoms with van der Waals surface area (Å²) in [6.07, 6.45) is -17.1. The number of nitrogens with one attached hydrogen (secondary N) is 4. The highest BCUT2D eigenvalue weighted by Crippen LogP contribution is 2.33. The number of aromatic nitrogens is 8. The van der Waals surface area contributed by atoms with Crippen molar-refractivity contribution in [1.29, 1.82) is 0 Å². The molecule has 4 aliphatic rings. The molecule has 558 valence electrons. The van der Waals surface area contributed by atoms with Gasteiger partial charge in [0.25, 0.3) is 5.91 Å². The molecule has 5 aromatic rings. The number of anilines is 4. The molecule has 0 bridgehead atoms. The number of rotatable bonds is 13. The Morgan fingerprint density at radius 3 is 1.15 bits per heavy atom. The van der Waals surface area contributed by atoms with Gasteiger partial charge in [-0.05, 0) is 47.6 Å². The first-order chi connectivity index (χ1) is 48.4. The molecule has 0 spiro atoms. The van der Waals surface area contributed by atoms with E-state index in [0.29, 0.717) is 16.4 Å². The summed E-state index contributed by atoms with van der Waals surface area (Å²) in [5.41, 5.74) is 14.3. The van der Waals surface area contributed by atoms with Gasteiger partial charge in [-0.3, -0.25) is 37.4 Å². The fourth-order valence-electron chi connectivity index (χ4n) is 9.56. The van der Waals surface area contributed by atoms with E-state index in [1.165, 1.54) is 41.5 Å². The number of hydrogen-bond donors (Lipinski definition) is 13. The third-order valence-corrected chi connectivity index (χ3v) is 15.6. The number of nitrogens with two attached hydrogens (primary N) is 3. The molecule has 4 saturated heterocycles. The molecule has 0 aliphatic carbocycles. The summed E-state index contributed by atoms with van der Waals surface area (Å²) in [6, 6.07) is 8.05. The Morgan fingerprint density at radius 2 is 0.816 bits per heavy atom. The van der Waals surface area contributed by atoms with E-state index < -0.39 is 165 Å². The third kappa shape index (κ3) is 22.9. The zero-order chi connectivity index (χ0) is 76.4. The van der Waals surface area contributed by atoms with Crippen molar-refractivity contribution < 1.29 is 108 Å². The smallest absolute Gasteiger partial charge is 0.394 e. The van der Waals surface area contributed by atoms with Gasteiger partial charge in [0, 0.05) is 56.0 Å². The van der Waals surface area contributed by atoms with Gasteiger partial charge in [-0.15, -0.1) is 0 Å². The van der Waals surface area contributed by atoms with Gasteiger partial charge in [0.2, 0.25) is 0 Å². The van der Waals surface area contributed by atoms with Gasteiger partial charge in [0.05, 0.1) is 89.7 Å². The van der Waals surface area contributed by atoms with Crippen LogP contribution in [0.15, 0.2) is 74.3 Å². The maximum Gasteiger partial charge on any atom is 0.471 e. The van der Waals surface area contributed by atoms with Crippen LogP contribution in [-0.2, 0) is 33.3 Å². The van der Waals surface area contributed by atoms with E-state index in [9.17, 15) is 98.3 Å². The molecule has 33 nitrogen and oxygen atoms in total. The van der Waals surface area contributed by atoms with E-state index >= 15 is 0 Å². The highest BCUT2D eigenvalue weighted by atomic mass is 127. The minimum atomic E-state index is -5.05. The Hall–Kier alpha value is -9.60. The van der Waals surface area contributed by atoms with Crippen molar-refractivity contribution in [1.82, 2.24) is 54.2 Å². The Labute approximate surface area is 588 Å². The van der Waals surface area contributed by atoms with E-state index in [2.05, 4.69) is 60.8 Å². The normalized spacial score (nSPS) is 22.6. The van der Waals surface area contributed by atoms with Crippen molar-refractivity contribution >= 4 is 69.5 Å². The fourth-order valence-corrected chi connectivity index (χ4v) is 9.98. The summed E-state index contributed by atoms with van der Waals surface area (Å²) in [4.78, 5) is 108.